The summed E-state index contributed by atoms with van der Waals surface area (Å²) in [6, 6.07) is 22.6. The van der Waals surface area contributed by atoms with Crippen molar-refractivity contribution in [3.8, 4) is 17.2 Å². The molecule has 1 aliphatic heterocycles. The number of ketones is 1. The summed E-state index contributed by atoms with van der Waals surface area (Å²) in [4.78, 5) is 43.3. The third-order valence-corrected chi connectivity index (χ3v) is 7.99. The topological polar surface area (TPSA) is 135 Å². The third-order valence-electron chi connectivity index (χ3n) is 7.99. The van der Waals surface area contributed by atoms with E-state index >= 15 is 4.39 Å². The number of H-pyrrole nitrogens is 1. The summed E-state index contributed by atoms with van der Waals surface area (Å²) in [6.07, 6.45) is 1.59. The zero-order valence-electron chi connectivity index (χ0n) is 24.8. The van der Waals surface area contributed by atoms with E-state index in [-0.39, 0.29) is 34.9 Å². The van der Waals surface area contributed by atoms with Crippen molar-refractivity contribution in [2.45, 2.75) is 19.4 Å². The minimum Gasteiger partial charge on any atom is -0.454 e. The van der Waals surface area contributed by atoms with E-state index in [4.69, 9.17) is 10.5 Å². The van der Waals surface area contributed by atoms with Gasteiger partial charge < -0.3 is 20.8 Å². The molecule has 1 fully saturated rings. The number of imide groups is 1. The minimum atomic E-state index is -0.848. The standard InChI is InChI=1S/C35H26F2N6O4/c1-19-13-22(47-31-10-6-5-9-24(31)36)11-12-29(19)43-33(38)23(18-39-43)32(44)27-16-21-15-25(37)30(17-26(21)40-27)42-34(45)28(41-35(42)46)14-20-7-3-2-4-8-20/h2-13,15-18,28,40H,14,38H2,1H3,(H,41,46)/t28-/m0/s1. The first-order valence-corrected chi connectivity index (χ1v) is 14.6. The van der Waals surface area contributed by atoms with Gasteiger partial charge in [-0.25, -0.2) is 23.2 Å². The van der Waals surface area contributed by atoms with Crippen molar-refractivity contribution in [1.82, 2.24) is 20.1 Å². The summed E-state index contributed by atoms with van der Waals surface area (Å²) >= 11 is 0. The first-order chi connectivity index (χ1) is 22.7. The largest absolute Gasteiger partial charge is 0.454 e. The SMILES string of the molecule is Cc1cc(Oc2ccccc2F)ccc1-n1ncc(C(=O)c2cc3cc(F)c(N4C(=O)N[C@@H](Cc5ccccc5)C4=O)cc3[nH]2)c1N. The number of nitrogens with two attached hydrogens (primary N) is 1. The predicted octanol–water partition coefficient (Wildman–Crippen LogP) is 6.21. The van der Waals surface area contributed by atoms with E-state index in [0.717, 1.165) is 16.5 Å². The van der Waals surface area contributed by atoms with Gasteiger partial charge in [0.1, 0.15) is 23.4 Å². The lowest BCUT2D eigenvalue weighted by molar-refractivity contribution is -0.118. The fraction of sp³-hybridized carbons (Fsp3) is 0.0857. The molecule has 0 bridgehead atoms. The molecule has 10 nitrogen and oxygen atoms in total. The van der Waals surface area contributed by atoms with Crippen LogP contribution in [-0.4, -0.2) is 38.5 Å². The second kappa shape index (κ2) is 11.6. The summed E-state index contributed by atoms with van der Waals surface area (Å²) in [6.45, 7) is 1.80. The molecule has 12 heteroatoms. The number of halogens is 2. The van der Waals surface area contributed by atoms with E-state index in [1.54, 1.807) is 37.3 Å². The van der Waals surface area contributed by atoms with Gasteiger partial charge in [0.15, 0.2) is 11.6 Å². The van der Waals surface area contributed by atoms with Crippen molar-refractivity contribution >= 4 is 40.1 Å². The molecule has 4 aromatic carbocycles. The summed E-state index contributed by atoms with van der Waals surface area (Å²) in [5.74, 6) is -1.82. The Morgan fingerprint density at radius 3 is 2.47 bits per heavy atom. The summed E-state index contributed by atoms with van der Waals surface area (Å²) in [5, 5.41) is 7.30. The molecule has 2 aromatic heterocycles. The van der Waals surface area contributed by atoms with Gasteiger partial charge in [-0.15, -0.1) is 0 Å². The quantitative estimate of drug-likeness (QED) is 0.135. The number of aryl methyl sites for hydroxylation is 1. The smallest absolute Gasteiger partial charge is 0.329 e. The van der Waals surface area contributed by atoms with E-state index in [9.17, 15) is 18.8 Å². The molecule has 7 rings (SSSR count). The van der Waals surface area contributed by atoms with Gasteiger partial charge >= 0.3 is 6.03 Å². The van der Waals surface area contributed by atoms with Crippen LogP contribution in [0.15, 0.2) is 97.2 Å². The Hall–Kier alpha value is -6.30. The molecule has 0 spiro atoms. The van der Waals surface area contributed by atoms with E-state index in [1.807, 2.05) is 30.3 Å². The minimum absolute atomic E-state index is 0.0650. The molecule has 0 radical (unpaired) electrons. The number of urea groups is 1. The van der Waals surface area contributed by atoms with E-state index in [0.29, 0.717) is 27.9 Å². The molecular weight excluding hydrogens is 606 g/mol. The lowest BCUT2D eigenvalue weighted by Gasteiger charge is -2.14. The number of hydrogen-bond donors (Lipinski definition) is 3. The van der Waals surface area contributed by atoms with E-state index in [2.05, 4.69) is 15.4 Å². The number of benzene rings is 4. The second-order valence-electron chi connectivity index (χ2n) is 11.1. The zero-order chi connectivity index (χ0) is 32.8. The highest BCUT2D eigenvalue weighted by Crippen LogP contribution is 2.32. The van der Waals surface area contributed by atoms with Gasteiger partial charge in [0.05, 0.1) is 28.8 Å². The van der Waals surface area contributed by atoms with Crippen molar-refractivity contribution in [2.75, 3.05) is 10.6 Å². The Morgan fingerprint density at radius 1 is 0.936 bits per heavy atom. The number of carbonyl (C=O) groups excluding carboxylic acids is 3. The average molecular weight is 633 g/mol. The number of fused-ring (bicyclic) bond motifs is 1. The lowest BCUT2D eigenvalue weighted by Crippen LogP contribution is -2.33. The van der Waals surface area contributed by atoms with Crippen LogP contribution >= 0.6 is 0 Å². The highest BCUT2D eigenvalue weighted by atomic mass is 19.1. The number of hydrogen-bond acceptors (Lipinski definition) is 6. The molecule has 4 N–H and O–H groups in total. The maximum absolute atomic E-state index is 15.3. The number of aromatic amines is 1. The molecule has 234 valence electrons. The van der Waals surface area contributed by atoms with Gasteiger partial charge in [-0.1, -0.05) is 42.5 Å². The average Bonchev–Trinajstić information content (AvgIpc) is 3.72. The Morgan fingerprint density at radius 2 is 1.70 bits per heavy atom. The van der Waals surface area contributed by atoms with Crippen LogP contribution < -0.4 is 20.7 Å². The lowest BCUT2D eigenvalue weighted by atomic mass is 10.1. The fourth-order valence-corrected chi connectivity index (χ4v) is 5.64. The first-order valence-electron chi connectivity index (χ1n) is 14.6. The molecule has 3 amide bonds. The van der Waals surface area contributed by atoms with Gasteiger partial charge in [-0.3, -0.25) is 9.59 Å². The van der Waals surface area contributed by atoms with Crippen LogP contribution in [0.4, 0.5) is 25.1 Å². The summed E-state index contributed by atoms with van der Waals surface area (Å²) < 4.78 is 36.4. The Labute approximate surface area is 266 Å². The number of nitrogen functional groups attached to an aromatic ring is 1. The van der Waals surface area contributed by atoms with Crippen LogP contribution in [0.25, 0.3) is 16.6 Å². The molecular formula is C35H26F2N6O4. The number of rotatable bonds is 8. The number of amides is 3. The molecule has 1 saturated heterocycles. The number of nitrogens with one attached hydrogen (secondary N) is 2. The molecule has 1 aliphatic rings. The summed E-state index contributed by atoms with van der Waals surface area (Å²) in [7, 11) is 0. The van der Waals surface area contributed by atoms with Crippen molar-refractivity contribution in [3.63, 3.8) is 0 Å². The number of ether oxygens (including phenoxy) is 1. The molecule has 0 saturated carbocycles. The Bertz CT molecular complexity index is 2210. The van der Waals surface area contributed by atoms with Gasteiger partial charge in [-0.2, -0.15) is 5.10 Å². The van der Waals surface area contributed by atoms with Crippen LogP contribution in [0.1, 0.15) is 27.2 Å². The number of nitrogens with zero attached hydrogens (tertiary/aromatic N) is 3. The molecule has 47 heavy (non-hydrogen) atoms. The summed E-state index contributed by atoms with van der Waals surface area (Å²) in [5.41, 5.74) is 8.81. The highest BCUT2D eigenvalue weighted by molar-refractivity contribution is 6.22. The molecule has 0 unspecified atom stereocenters. The molecule has 3 heterocycles. The maximum atomic E-state index is 15.3. The maximum Gasteiger partial charge on any atom is 0.329 e. The zero-order valence-corrected chi connectivity index (χ0v) is 24.8. The van der Waals surface area contributed by atoms with E-state index in [1.165, 1.54) is 35.1 Å². The van der Waals surface area contributed by atoms with Gasteiger partial charge in [-0.05, 0) is 66.6 Å². The van der Waals surface area contributed by atoms with Gasteiger partial charge in [0.2, 0.25) is 5.78 Å². The van der Waals surface area contributed by atoms with Crippen LogP contribution in [0.3, 0.4) is 0 Å². The van der Waals surface area contributed by atoms with Gasteiger partial charge in [0.25, 0.3) is 5.91 Å². The molecule has 6 aromatic rings. The van der Waals surface area contributed by atoms with Crippen molar-refractivity contribution < 1.29 is 27.9 Å². The van der Waals surface area contributed by atoms with Gasteiger partial charge in [0, 0.05) is 17.3 Å². The fourth-order valence-electron chi connectivity index (χ4n) is 5.64. The van der Waals surface area contributed by atoms with Crippen LogP contribution in [0, 0.1) is 18.6 Å². The van der Waals surface area contributed by atoms with Crippen LogP contribution in [-0.2, 0) is 11.2 Å². The number of anilines is 2. The second-order valence-corrected chi connectivity index (χ2v) is 11.1. The van der Waals surface area contributed by atoms with E-state index < -0.39 is 35.4 Å². The van der Waals surface area contributed by atoms with Crippen molar-refractivity contribution in [3.05, 3.63) is 131 Å². The molecule has 1 atom stereocenters. The number of carbonyl (C=O) groups is 3. The van der Waals surface area contributed by atoms with Crippen molar-refractivity contribution in [1.29, 1.82) is 0 Å². The van der Waals surface area contributed by atoms with Crippen LogP contribution in [0.2, 0.25) is 0 Å². The monoisotopic (exact) mass is 632 g/mol. The normalized spacial score (nSPS) is 14.5. The predicted molar refractivity (Wildman–Crippen MR) is 171 cm³/mol. The Balaban J connectivity index is 1.13. The number of para-hydroxylation sites is 1. The molecule has 0 aliphatic carbocycles. The third kappa shape index (κ3) is 5.35. The van der Waals surface area contributed by atoms with Crippen molar-refractivity contribution in [2.24, 2.45) is 0 Å². The number of aromatic nitrogens is 3. The Kier molecular flexibility index (Phi) is 7.24. The van der Waals surface area contributed by atoms with Crippen LogP contribution in [0.5, 0.6) is 11.5 Å². The first kappa shape index (κ1) is 29.4. The highest BCUT2D eigenvalue weighted by Gasteiger charge is 2.40.